The molecule has 0 aliphatic heterocycles. The lowest BCUT2D eigenvalue weighted by molar-refractivity contribution is 0.0957. The number of carbonyl (C=O) groups excluding carboxylic acids is 1. The van der Waals surface area contributed by atoms with Gasteiger partial charge in [0.2, 0.25) is 0 Å². The summed E-state index contributed by atoms with van der Waals surface area (Å²) in [6.07, 6.45) is 2.63. The molecule has 1 aliphatic carbocycles. The molecule has 3 N–H and O–H groups in total. The second-order valence-corrected chi connectivity index (χ2v) is 6.46. The number of rotatable bonds is 6. The van der Waals surface area contributed by atoms with Crippen molar-refractivity contribution in [2.75, 3.05) is 6.54 Å². The maximum Gasteiger partial charge on any atom is 0.275 e. The number of nitrogens with one attached hydrogen (secondary N) is 1. The van der Waals surface area contributed by atoms with E-state index in [9.17, 15) is 4.79 Å². The number of hydrogen-bond acceptors (Lipinski definition) is 4. The molecule has 0 bridgehead atoms. The van der Waals surface area contributed by atoms with Gasteiger partial charge in [-0.3, -0.25) is 15.1 Å². The van der Waals surface area contributed by atoms with E-state index in [-0.39, 0.29) is 5.91 Å². The number of nitrogen functional groups attached to an aromatic ring is 1. The second kappa shape index (κ2) is 5.82. The SMILES string of the molecule is CC(C)CN(Cc1ccc(C(=O)NN)s1)C1CC1. The molecule has 1 heterocycles. The summed E-state index contributed by atoms with van der Waals surface area (Å²) in [5, 5.41) is 0. The van der Waals surface area contributed by atoms with Gasteiger partial charge in [-0.05, 0) is 30.9 Å². The van der Waals surface area contributed by atoms with Gasteiger partial charge in [0.05, 0.1) is 4.88 Å². The maximum absolute atomic E-state index is 11.4. The number of nitrogens with zero attached hydrogens (tertiary/aromatic N) is 1. The lowest BCUT2D eigenvalue weighted by Crippen LogP contribution is -2.29. The van der Waals surface area contributed by atoms with Gasteiger partial charge in [-0.15, -0.1) is 11.3 Å². The molecule has 2 rings (SSSR count). The molecule has 0 spiro atoms. The van der Waals surface area contributed by atoms with Crippen LogP contribution in [-0.2, 0) is 6.54 Å². The highest BCUT2D eigenvalue weighted by molar-refractivity contribution is 7.14. The minimum Gasteiger partial charge on any atom is -0.295 e. The van der Waals surface area contributed by atoms with E-state index in [2.05, 4.69) is 24.2 Å². The molecule has 1 aromatic rings. The molecule has 0 saturated heterocycles. The zero-order valence-corrected chi connectivity index (χ0v) is 11.8. The Morgan fingerprint density at radius 1 is 1.56 bits per heavy atom. The molecule has 1 aliphatic rings. The summed E-state index contributed by atoms with van der Waals surface area (Å²) >= 11 is 1.53. The third-order valence-corrected chi connectivity index (χ3v) is 4.11. The number of thiophene rings is 1. The van der Waals surface area contributed by atoms with Crippen LogP contribution in [0.5, 0.6) is 0 Å². The van der Waals surface area contributed by atoms with Crippen LogP contribution < -0.4 is 11.3 Å². The van der Waals surface area contributed by atoms with E-state index in [0.717, 1.165) is 19.1 Å². The van der Waals surface area contributed by atoms with Gasteiger partial charge in [-0.1, -0.05) is 13.8 Å². The summed E-state index contributed by atoms with van der Waals surface area (Å²) in [5.74, 6) is 5.61. The van der Waals surface area contributed by atoms with Gasteiger partial charge in [0.1, 0.15) is 0 Å². The molecule has 18 heavy (non-hydrogen) atoms. The molecule has 4 nitrogen and oxygen atoms in total. The van der Waals surface area contributed by atoms with Gasteiger partial charge in [-0.2, -0.15) is 0 Å². The first-order valence-electron chi connectivity index (χ1n) is 6.44. The molecular weight excluding hydrogens is 246 g/mol. The van der Waals surface area contributed by atoms with Gasteiger partial charge in [0.25, 0.3) is 5.91 Å². The Morgan fingerprint density at radius 2 is 2.28 bits per heavy atom. The van der Waals surface area contributed by atoms with Crippen LogP contribution in [-0.4, -0.2) is 23.4 Å². The minimum absolute atomic E-state index is 0.201. The van der Waals surface area contributed by atoms with E-state index in [1.54, 1.807) is 0 Å². The van der Waals surface area contributed by atoms with E-state index < -0.39 is 0 Å². The van der Waals surface area contributed by atoms with E-state index in [0.29, 0.717) is 10.8 Å². The lowest BCUT2D eigenvalue weighted by atomic mass is 10.2. The normalized spacial score (nSPS) is 15.4. The van der Waals surface area contributed by atoms with Crippen molar-refractivity contribution < 1.29 is 4.79 Å². The van der Waals surface area contributed by atoms with Crippen molar-refractivity contribution in [1.29, 1.82) is 0 Å². The van der Waals surface area contributed by atoms with Crippen LogP contribution in [0.15, 0.2) is 12.1 Å². The van der Waals surface area contributed by atoms with Crippen LogP contribution >= 0.6 is 11.3 Å². The van der Waals surface area contributed by atoms with Crippen molar-refractivity contribution >= 4 is 17.2 Å². The molecule has 0 radical (unpaired) electrons. The molecule has 1 amide bonds. The molecule has 5 heteroatoms. The Labute approximate surface area is 112 Å². The first-order chi connectivity index (χ1) is 8.60. The highest BCUT2D eigenvalue weighted by atomic mass is 32.1. The summed E-state index contributed by atoms with van der Waals surface area (Å²) in [6.45, 7) is 6.57. The van der Waals surface area contributed by atoms with Gasteiger partial charge >= 0.3 is 0 Å². The molecular formula is C13H21N3OS. The smallest absolute Gasteiger partial charge is 0.275 e. The third kappa shape index (κ3) is 3.54. The van der Waals surface area contributed by atoms with Crippen LogP contribution in [0.25, 0.3) is 0 Å². The molecule has 100 valence electrons. The van der Waals surface area contributed by atoms with Crippen molar-refractivity contribution in [3.63, 3.8) is 0 Å². The van der Waals surface area contributed by atoms with Crippen LogP contribution in [0.2, 0.25) is 0 Å². The summed E-state index contributed by atoms with van der Waals surface area (Å²) in [4.78, 5) is 15.9. The maximum atomic E-state index is 11.4. The third-order valence-electron chi connectivity index (χ3n) is 3.04. The predicted molar refractivity (Wildman–Crippen MR) is 74.2 cm³/mol. The quantitative estimate of drug-likeness (QED) is 0.471. The Morgan fingerprint density at radius 3 is 2.83 bits per heavy atom. The zero-order chi connectivity index (χ0) is 13.1. The van der Waals surface area contributed by atoms with Crippen molar-refractivity contribution in [3.8, 4) is 0 Å². The molecule has 1 saturated carbocycles. The Kier molecular flexibility index (Phi) is 4.37. The van der Waals surface area contributed by atoms with Gasteiger partial charge in [0, 0.05) is 24.0 Å². The topological polar surface area (TPSA) is 58.4 Å². The summed E-state index contributed by atoms with van der Waals surface area (Å²) < 4.78 is 0. The summed E-state index contributed by atoms with van der Waals surface area (Å²) in [7, 11) is 0. The molecule has 0 unspecified atom stereocenters. The second-order valence-electron chi connectivity index (χ2n) is 5.29. The number of hydrazine groups is 1. The Balaban J connectivity index is 1.98. The number of amides is 1. The van der Waals surface area contributed by atoms with Gasteiger partial charge in [-0.25, -0.2) is 5.84 Å². The fourth-order valence-corrected chi connectivity index (χ4v) is 3.04. The fourth-order valence-electron chi connectivity index (χ4n) is 2.11. The fraction of sp³-hybridized carbons (Fsp3) is 0.615. The van der Waals surface area contributed by atoms with E-state index >= 15 is 0 Å². The Bertz CT molecular complexity index is 412. The number of hydrogen-bond donors (Lipinski definition) is 2. The van der Waals surface area contributed by atoms with E-state index in [1.165, 1.54) is 29.1 Å². The van der Waals surface area contributed by atoms with E-state index in [1.807, 2.05) is 12.1 Å². The Hall–Kier alpha value is -0.910. The molecule has 0 aromatic carbocycles. The van der Waals surface area contributed by atoms with E-state index in [4.69, 9.17) is 5.84 Å². The highest BCUT2D eigenvalue weighted by Crippen LogP contribution is 2.30. The summed E-state index contributed by atoms with van der Waals surface area (Å²) in [6, 6.07) is 4.63. The van der Waals surface area contributed by atoms with Crippen LogP contribution in [0.1, 0.15) is 41.2 Å². The van der Waals surface area contributed by atoms with Crippen molar-refractivity contribution in [3.05, 3.63) is 21.9 Å². The summed E-state index contributed by atoms with van der Waals surface area (Å²) in [5.41, 5.74) is 2.17. The largest absolute Gasteiger partial charge is 0.295 e. The monoisotopic (exact) mass is 267 g/mol. The molecule has 1 fully saturated rings. The first-order valence-corrected chi connectivity index (χ1v) is 7.25. The minimum atomic E-state index is -0.201. The highest BCUT2D eigenvalue weighted by Gasteiger charge is 2.29. The van der Waals surface area contributed by atoms with Crippen molar-refractivity contribution in [1.82, 2.24) is 10.3 Å². The molecule has 1 aromatic heterocycles. The number of nitrogens with two attached hydrogens (primary N) is 1. The zero-order valence-electron chi connectivity index (χ0n) is 11.0. The molecule has 0 atom stereocenters. The van der Waals surface area contributed by atoms with Crippen molar-refractivity contribution in [2.45, 2.75) is 39.3 Å². The number of carbonyl (C=O) groups is 1. The van der Waals surface area contributed by atoms with Crippen molar-refractivity contribution in [2.24, 2.45) is 11.8 Å². The first kappa shape index (κ1) is 13.5. The van der Waals surface area contributed by atoms with Crippen LogP contribution in [0, 0.1) is 5.92 Å². The van der Waals surface area contributed by atoms with Crippen LogP contribution in [0.3, 0.4) is 0 Å². The average Bonchev–Trinajstić information content (AvgIpc) is 3.08. The van der Waals surface area contributed by atoms with Crippen LogP contribution in [0.4, 0.5) is 0 Å². The van der Waals surface area contributed by atoms with Gasteiger partial charge < -0.3 is 0 Å². The standard InChI is InChI=1S/C13H21N3OS/c1-9(2)7-16(10-3-4-10)8-11-5-6-12(18-11)13(17)15-14/h5-6,9-10H,3-4,7-8,14H2,1-2H3,(H,15,17). The van der Waals surface area contributed by atoms with Gasteiger partial charge in [0.15, 0.2) is 0 Å². The predicted octanol–water partition coefficient (Wildman–Crippen LogP) is 1.97. The lowest BCUT2D eigenvalue weighted by Gasteiger charge is -2.23. The average molecular weight is 267 g/mol.